The van der Waals surface area contributed by atoms with Gasteiger partial charge < -0.3 is 14.5 Å². The molecule has 5 rings (SSSR count). The van der Waals surface area contributed by atoms with Gasteiger partial charge in [-0.3, -0.25) is 9.48 Å². The maximum Gasteiger partial charge on any atom is 0.435 e. The second-order valence-electron chi connectivity index (χ2n) is 9.06. The van der Waals surface area contributed by atoms with Crippen molar-refractivity contribution in [2.45, 2.75) is 25.3 Å². The normalized spacial score (nSPS) is 20.2. The number of hydrogen-bond donors (Lipinski definition) is 1. The number of carbonyl (C=O) groups excluding carboxylic acids is 1. The van der Waals surface area contributed by atoms with Gasteiger partial charge >= 0.3 is 18.4 Å². The number of rotatable bonds is 5. The van der Waals surface area contributed by atoms with Crippen LogP contribution in [0.4, 0.5) is 37.1 Å². The number of carbonyl (C=O) groups is 1. The number of aromatic nitrogens is 6. The Morgan fingerprint density at radius 3 is 2.32 bits per heavy atom. The second kappa shape index (κ2) is 9.43. The fraction of sp³-hybridized carbons (Fsp3) is 0.524. The molecule has 1 amide bonds. The van der Waals surface area contributed by atoms with Gasteiger partial charge in [0.2, 0.25) is 5.95 Å². The molecule has 1 aliphatic carbocycles. The third-order valence-electron chi connectivity index (χ3n) is 6.52. The molecule has 1 saturated heterocycles. The van der Waals surface area contributed by atoms with E-state index in [2.05, 4.69) is 20.2 Å². The van der Waals surface area contributed by atoms with Crippen LogP contribution in [0.25, 0.3) is 10.9 Å². The highest BCUT2D eigenvalue weighted by Crippen LogP contribution is 2.41. The molecule has 0 bridgehead atoms. The van der Waals surface area contributed by atoms with Gasteiger partial charge in [-0.1, -0.05) is 0 Å². The maximum absolute atomic E-state index is 13.3. The second-order valence-corrected chi connectivity index (χ2v) is 9.06. The molecule has 204 valence electrons. The monoisotopic (exact) mass is 546 g/mol. The molecule has 4 heterocycles. The number of anilines is 1. The molecule has 17 heteroatoms. The van der Waals surface area contributed by atoms with E-state index in [0.717, 1.165) is 10.9 Å². The lowest BCUT2D eigenvalue weighted by atomic mass is 10.2. The minimum atomic E-state index is -4.81. The Morgan fingerprint density at radius 2 is 1.68 bits per heavy atom. The zero-order chi connectivity index (χ0) is 27.2. The van der Waals surface area contributed by atoms with E-state index >= 15 is 0 Å². The van der Waals surface area contributed by atoms with E-state index in [0.29, 0.717) is 31.9 Å². The van der Waals surface area contributed by atoms with Crippen LogP contribution >= 0.6 is 0 Å². The first kappa shape index (κ1) is 25.7. The number of amides is 1. The van der Waals surface area contributed by atoms with Crippen LogP contribution in [0.5, 0.6) is 0 Å². The van der Waals surface area contributed by atoms with Gasteiger partial charge in [0.25, 0.3) is 5.56 Å². The fourth-order valence-corrected chi connectivity index (χ4v) is 4.33. The molecule has 0 unspecified atom stereocenters. The first-order valence-electron chi connectivity index (χ1n) is 11.5. The van der Waals surface area contributed by atoms with E-state index in [-0.39, 0.29) is 49.5 Å². The summed E-state index contributed by atoms with van der Waals surface area (Å²) in [5.74, 6) is -0.0480. The van der Waals surface area contributed by atoms with E-state index in [9.17, 15) is 35.9 Å². The standard InChI is InChI=1S/C21H20F6N8O3/c22-20(23,24)13-6-28-18(29-7-13)33-1-3-34(4-2-33)19(37)38-10-12-5-11(12)9-35-14-8-30-31-17(36)15(14)16(32-35)21(25,26)27/h6-8,11-12H,1-5,9-10H2,(H,31,36)/t11-,12-/m0/s1. The number of ether oxygens (including phenoxy) is 1. The molecular formula is C21H20F6N8O3. The molecule has 2 aliphatic rings. The van der Waals surface area contributed by atoms with Gasteiger partial charge in [0, 0.05) is 45.1 Å². The zero-order valence-electron chi connectivity index (χ0n) is 19.5. The highest BCUT2D eigenvalue weighted by atomic mass is 19.4. The van der Waals surface area contributed by atoms with E-state index in [1.807, 2.05) is 5.10 Å². The number of nitrogens with one attached hydrogen (secondary N) is 1. The van der Waals surface area contributed by atoms with Gasteiger partial charge in [-0.05, 0) is 18.3 Å². The maximum atomic E-state index is 13.3. The summed E-state index contributed by atoms with van der Waals surface area (Å²) in [7, 11) is 0. The average Bonchev–Trinajstić information content (AvgIpc) is 3.50. The molecule has 3 aromatic rings. The van der Waals surface area contributed by atoms with Gasteiger partial charge in [0.15, 0.2) is 5.69 Å². The molecule has 2 atom stereocenters. The smallest absolute Gasteiger partial charge is 0.435 e. The first-order valence-corrected chi connectivity index (χ1v) is 11.5. The Morgan fingerprint density at radius 1 is 1.00 bits per heavy atom. The highest BCUT2D eigenvalue weighted by molar-refractivity contribution is 5.80. The van der Waals surface area contributed by atoms with Gasteiger partial charge in [0.05, 0.1) is 23.9 Å². The molecule has 11 nitrogen and oxygen atoms in total. The molecule has 2 fully saturated rings. The van der Waals surface area contributed by atoms with Gasteiger partial charge in [0.1, 0.15) is 5.39 Å². The van der Waals surface area contributed by atoms with Crippen molar-refractivity contribution in [3.8, 4) is 0 Å². The topological polar surface area (TPSA) is 122 Å². The minimum absolute atomic E-state index is 0.0291. The lowest BCUT2D eigenvalue weighted by molar-refractivity contribution is -0.140. The predicted octanol–water partition coefficient (Wildman–Crippen LogP) is 2.54. The fourth-order valence-electron chi connectivity index (χ4n) is 4.33. The summed E-state index contributed by atoms with van der Waals surface area (Å²) in [6.07, 6.45) is -6.77. The van der Waals surface area contributed by atoms with Crippen molar-refractivity contribution >= 4 is 22.9 Å². The summed E-state index contributed by atoms with van der Waals surface area (Å²) >= 11 is 0. The number of hydrogen-bond acceptors (Lipinski definition) is 8. The molecule has 0 aromatic carbocycles. The van der Waals surface area contributed by atoms with Crippen LogP contribution in [0.15, 0.2) is 23.4 Å². The first-order chi connectivity index (χ1) is 17.9. The van der Waals surface area contributed by atoms with Crippen LogP contribution in [0, 0.1) is 11.8 Å². The Labute approximate surface area is 209 Å². The van der Waals surface area contributed by atoms with Crippen LogP contribution in [0.2, 0.25) is 0 Å². The summed E-state index contributed by atoms with van der Waals surface area (Å²) in [6.45, 7) is 1.26. The lowest BCUT2D eigenvalue weighted by Gasteiger charge is -2.34. The van der Waals surface area contributed by atoms with Crippen LogP contribution in [0.3, 0.4) is 0 Å². The Kier molecular flexibility index (Phi) is 6.38. The number of halogens is 6. The third kappa shape index (κ3) is 5.22. The number of piperazine rings is 1. The molecule has 1 N–H and O–H groups in total. The zero-order valence-corrected chi connectivity index (χ0v) is 19.5. The molecule has 0 radical (unpaired) electrons. The highest BCUT2D eigenvalue weighted by Gasteiger charge is 2.42. The van der Waals surface area contributed by atoms with Crippen molar-refractivity contribution in [3.05, 3.63) is 40.2 Å². The van der Waals surface area contributed by atoms with Crippen molar-refractivity contribution in [2.75, 3.05) is 37.7 Å². The number of H-pyrrole nitrogens is 1. The summed E-state index contributed by atoms with van der Waals surface area (Å²) < 4.78 is 84.5. The summed E-state index contributed by atoms with van der Waals surface area (Å²) in [5, 5.41) is 8.58. The molecule has 1 aliphatic heterocycles. The quantitative estimate of drug-likeness (QED) is 0.485. The number of aromatic amines is 1. The van der Waals surface area contributed by atoms with E-state index in [4.69, 9.17) is 4.74 Å². The summed E-state index contributed by atoms with van der Waals surface area (Å²) in [6, 6.07) is 0. The van der Waals surface area contributed by atoms with Gasteiger partial charge in [-0.25, -0.2) is 19.9 Å². The van der Waals surface area contributed by atoms with E-state index in [1.54, 1.807) is 4.90 Å². The number of fused-ring (bicyclic) bond motifs is 1. The van der Waals surface area contributed by atoms with Crippen LogP contribution in [-0.4, -0.2) is 73.7 Å². The number of alkyl halides is 6. The summed E-state index contributed by atoms with van der Waals surface area (Å²) in [5.41, 5.74) is -3.24. The molecule has 0 spiro atoms. The van der Waals surface area contributed by atoms with Crippen LogP contribution in [-0.2, 0) is 23.6 Å². The summed E-state index contributed by atoms with van der Waals surface area (Å²) in [4.78, 5) is 35.0. The van der Waals surface area contributed by atoms with Crippen molar-refractivity contribution < 1.29 is 35.9 Å². The van der Waals surface area contributed by atoms with Gasteiger partial charge in [-0.2, -0.15) is 36.5 Å². The molecular weight excluding hydrogens is 526 g/mol. The van der Waals surface area contributed by atoms with Crippen molar-refractivity contribution in [1.29, 1.82) is 0 Å². The largest absolute Gasteiger partial charge is 0.449 e. The Bertz CT molecular complexity index is 1380. The van der Waals surface area contributed by atoms with E-state index < -0.39 is 40.6 Å². The Balaban J connectivity index is 1.11. The molecule has 3 aromatic heterocycles. The lowest BCUT2D eigenvalue weighted by Crippen LogP contribution is -2.49. The van der Waals surface area contributed by atoms with Crippen molar-refractivity contribution in [1.82, 2.24) is 34.8 Å². The van der Waals surface area contributed by atoms with Crippen molar-refractivity contribution in [3.63, 3.8) is 0 Å². The predicted molar refractivity (Wildman–Crippen MR) is 117 cm³/mol. The van der Waals surface area contributed by atoms with Crippen LogP contribution < -0.4 is 10.5 Å². The van der Waals surface area contributed by atoms with E-state index in [1.165, 1.54) is 4.90 Å². The minimum Gasteiger partial charge on any atom is -0.449 e. The molecule has 1 saturated carbocycles. The number of nitrogens with zero attached hydrogens (tertiary/aromatic N) is 7. The average molecular weight is 546 g/mol. The SMILES string of the molecule is O=C(OC[C@@H]1C[C@H]1Cn1nc(C(F)(F)F)c2c(=O)[nH]ncc21)N1CCN(c2ncc(C(F)(F)F)cn2)CC1. The Hall–Kier alpha value is -3.92. The third-order valence-corrected chi connectivity index (χ3v) is 6.52. The van der Waals surface area contributed by atoms with Gasteiger partial charge in [-0.15, -0.1) is 0 Å². The molecule has 38 heavy (non-hydrogen) atoms. The van der Waals surface area contributed by atoms with Crippen molar-refractivity contribution in [2.24, 2.45) is 11.8 Å². The van der Waals surface area contributed by atoms with Crippen LogP contribution in [0.1, 0.15) is 17.7 Å².